The van der Waals surface area contributed by atoms with Gasteiger partial charge in [0, 0.05) is 12.1 Å². The lowest BCUT2D eigenvalue weighted by atomic mass is 10.1. The van der Waals surface area contributed by atoms with E-state index in [9.17, 15) is 19.2 Å². The maximum absolute atomic E-state index is 13.9. The first-order valence-corrected chi connectivity index (χ1v) is 12.4. The van der Waals surface area contributed by atoms with Crippen molar-refractivity contribution in [3.63, 3.8) is 0 Å². The number of carbonyl (C=O) groups is 2. The summed E-state index contributed by atoms with van der Waals surface area (Å²) in [6, 6.07) is 6.21. The van der Waals surface area contributed by atoms with Crippen LogP contribution >= 0.6 is 11.3 Å². The second-order valence-corrected chi connectivity index (χ2v) is 9.47. The van der Waals surface area contributed by atoms with Gasteiger partial charge in [-0.1, -0.05) is 18.2 Å². The lowest BCUT2D eigenvalue weighted by Crippen LogP contribution is -2.44. The summed E-state index contributed by atoms with van der Waals surface area (Å²) < 4.78 is 19.3. The number of aryl methyl sites for hydroxylation is 1. The Kier molecular flexibility index (Phi) is 6.76. The van der Waals surface area contributed by atoms with E-state index in [0.29, 0.717) is 57.1 Å². The Morgan fingerprint density at radius 2 is 2.11 bits per heavy atom. The normalized spacial score (nSPS) is 16.2. The summed E-state index contributed by atoms with van der Waals surface area (Å²) in [7, 11) is 1.52. The Hall–Kier alpha value is -4.03. The second kappa shape index (κ2) is 10.1. The molecule has 0 saturated carbocycles. The highest BCUT2D eigenvalue weighted by atomic mass is 32.1. The zero-order valence-electron chi connectivity index (χ0n) is 20.1. The number of rotatable bonds is 9. The van der Waals surface area contributed by atoms with Gasteiger partial charge in [0.15, 0.2) is 0 Å². The highest BCUT2D eigenvalue weighted by Crippen LogP contribution is 2.37. The maximum Gasteiger partial charge on any atom is 0.332 e. The molecule has 1 aliphatic heterocycles. The van der Waals surface area contributed by atoms with Gasteiger partial charge in [0.25, 0.3) is 5.56 Å². The number of hydrogen-bond acceptors (Lipinski definition) is 9. The van der Waals surface area contributed by atoms with Crippen LogP contribution < -0.4 is 21.3 Å². The molecule has 1 fully saturated rings. The maximum atomic E-state index is 13.9. The van der Waals surface area contributed by atoms with Crippen molar-refractivity contribution in [3.8, 4) is 16.5 Å². The largest absolute Gasteiger partial charge is 0.496 e. The number of amides is 1. The van der Waals surface area contributed by atoms with E-state index < -0.39 is 23.4 Å². The molecule has 192 valence electrons. The van der Waals surface area contributed by atoms with Gasteiger partial charge in [-0.05, 0) is 25.0 Å². The number of thiophene rings is 1. The van der Waals surface area contributed by atoms with E-state index in [2.05, 4.69) is 10.3 Å². The van der Waals surface area contributed by atoms with Crippen LogP contribution in [0.15, 0.2) is 50.7 Å². The van der Waals surface area contributed by atoms with Gasteiger partial charge in [-0.3, -0.25) is 14.2 Å². The summed E-state index contributed by atoms with van der Waals surface area (Å²) >= 11 is 1.20. The number of fused-ring (bicyclic) bond motifs is 1. The molecule has 4 aromatic rings. The molecule has 3 aromatic heterocycles. The minimum absolute atomic E-state index is 0.0385. The molecule has 37 heavy (non-hydrogen) atoms. The number of oxazole rings is 1. The van der Waals surface area contributed by atoms with Crippen molar-refractivity contribution in [1.82, 2.24) is 19.4 Å². The van der Waals surface area contributed by atoms with Crippen LogP contribution in [0.5, 0.6) is 5.75 Å². The number of ether oxygens (including phenoxy) is 2. The molecule has 1 N–H and O–H groups in total. The molecule has 2 atom stereocenters. The van der Waals surface area contributed by atoms with Gasteiger partial charge in [0.1, 0.15) is 41.9 Å². The third kappa shape index (κ3) is 4.27. The Labute approximate surface area is 214 Å². The minimum atomic E-state index is -0.930. The Balaban J connectivity index is 1.76. The highest BCUT2D eigenvalue weighted by molar-refractivity contribution is 7.22. The molecule has 0 radical (unpaired) electrons. The third-order valence-electron chi connectivity index (χ3n) is 6.40. The number of nitrogens with zero attached hydrogens (tertiary/aromatic N) is 3. The fraction of sp³-hybridized carbons (Fsp3) is 0.320. The van der Waals surface area contributed by atoms with E-state index in [1.807, 2.05) is 0 Å². The number of aromatic nitrogens is 3. The molecular weight excluding hydrogens is 500 g/mol. The molecule has 1 aromatic carbocycles. The summed E-state index contributed by atoms with van der Waals surface area (Å²) in [4.78, 5) is 56.5. The number of nitrogens with one attached hydrogen (secondary N) is 1. The fourth-order valence-electron chi connectivity index (χ4n) is 4.66. The Morgan fingerprint density at radius 1 is 1.30 bits per heavy atom. The number of carbonyl (C=O) groups excluding carboxylic acids is 2. The first-order valence-electron chi connectivity index (χ1n) is 11.6. The zero-order chi connectivity index (χ0) is 26.1. The lowest BCUT2D eigenvalue weighted by Gasteiger charge is -2.22. The van der Waals surface area contributed by atoms with Crippen LogP contribution in [0.3, 0.4) is 0 Å². The summed E-state index contributed by atoms with van der Waals surface area (Å²) in [5.74, 6) is 0.458. The number of methoxy groups -OCH3 is 1. The number of aldehydes is 1. The summed E-state index contributed by atoms with van der Waals surface area (Å²) in [6.07, 6.45) is 3.10. The van der Waals surface area contributed by atoms with E-state index >= 15 is 0 Å². The summed E-state index contributed by atoms with van der Waals surface area (Å²) in [6.45, 7) is 1.87. The molecule has 11 nitrogen and oxygen atoms in total. The molecular formula is C25H24N4O7S. The van der Waals surface area contributed by atoms with E-state index in [1.54, 1.807) is 31.2 Å². The first-order chi connectivity index (χ1) is 18.0. The van der Waals surface area contributed by atoms with Crippen molar-refractivity contribution < 1.29 is 23.5 Å². The zero-order valence-corrected chi connectivity index (χ0v) is 20.9. The number of para-hydroxylation sites is 1. The average Bonchev–Trinajstić information content (AvgIpc) is 3.65. The van der Waals surface area contributed by atoms with Crippen LogP contribution in [0.25, 0.3) is 21.0 Å². The smallest absolute Gasteiger partial charge is 0.332 e. The lowest BCUT2D eigenvalue weighted by molar-refractivity contribution is -0.122. The van der Waals surface area contributed by atoms with E-state index in [0.717, 1.165) is 4.57 Å². The van der Waals surface area contributed by atoms with E-state index in [-0.39, 0.29) is 19.1 Å². The topological polar surface area (TPSA) is 135 Å². The number of benzene rings is 1. The predicted molar refractivity (Wildman–Crippen MR) is 135 cm³/mol. The molecule has 0 bridgehead atoms. The molecule has 1 aliphatic rings. The minimum Gasteiger partial charge on any atom is -0.496 e. The predicted octanol–water partition coefficient (Wildman–Crippen LogP) is 2.21. The monoisotopic (exact) mass is 524 g/mol. The van der Waals surface area contributed by atoms with Crippen molar-refractivity contribution in [3.05, 3.63) is 68.7 Å². The average molecular weight is 525 g/mol. The SMILES string of the molecule is COc1ccccc1[C@H](Cn1c(=O)n(C2CCNC2=O)c(=O)c2c(C)c(-c3ncco3)sc21)OCC=O. The van der Waals surface area contributed by atoms with Crippen LogP contribution in [0.4, 0.5) is 0 Å². The number of hydrogen-bond donors (Lipinski definition) is 1. The van der Waals surface area contributed by atoms with Crippen LogP contribution in [0, 0.1) is 6.92 Å². The van der Waals surface area contributed by atoms with Crippen molar-refractivity contribution in [1.29, 1.82) is 0 Å². The molecule has 12 heteroatoms. The molecule has 1 unspecified atom stereocenters. The third-order valence-corrected chi connectivity index (χ3v) is 7.70. The summed E-state index contributed by atoms with van der Waals surface area (Å²) in [5.41, 5.74) is 0.0299. The highest BCUT2D eigenvalue weighted by Gasteiger charge is 2.33. The Morgan fingerprint density at radius 3 is 2.78 bits per heavy atom. The Bertz CT molecular complexity index is 1590. The van der Waals surface area contributed by atoms with Crippen LogP contribution in [-0.4, -0.2) is 46.6 Å². The quantitative estimate of drug-likeness (QED) is 0.329. The van der Waals surface area contributed by atoms with Gasteiger partial charge in [-0.25, -0.2) is 14.3 Å². The molecule has 0 aliphatic carbocycles. The second-order valence-electron chi connectivity index (χ2n) is 8.47. The molecule has 5 rings (SSSR count). The van der Waals surface area contributed by atoms with Gasteiger partial charge in [0.05, 0.1) is 30.1 Å². The van der Waals surface area contributed by atoms with Crippen molar-refractivity contribution in [2.45, 2.75) is 32.0 Å². The van der Waals surface area contributed by atoms with Crippen LogP contribution in [-0.2, 0) is 20.9 Å². The standard InChI is InChI=1S/C25H24N4O7S/c1-14-19-23(32)29(16-7-8-26-21(16)31)25(33)28(24(19)37-20(14)22-27-9-11-36-22)13-18(35-12-10-30)15-5-3-4-6-17(15)34-2/h3-6,9-11,16,18H,7-8,12-13H2,1-2H3,(H,26,31)/t16?,18-/m0/s1. The summed E-state index contributed by atoms with van der Waals surface area (Å²) in [5, 5.41) is 2.99. The van der Waals surface area contributed by atoms with Gasteiger partial charge < -0.3 is 24.0 Å². The molecule has 1 saturated heterocycles. The van der Waals surface area contributed by atoms with Crippen molar-refractivity contribution in [2.75, 3.05) is 20.3 Å². The molecule has 0 spiro atoms. The fourth-order valence-corrected chi connectivity index (χ4v) is 5.90. The van der Waals surface area contributed by atoms with Crippen LogP contribution in [0.2, 0.25) is 0 Å². The van der Waals surface area contributed by atoms with Gasteiger partial charge >= 0.3 is 5.69 Å². The van der Waals surface area contributed by atoms with Crippen molar-refractivity contribution in [2.24, 2.45) is 0 Å². The van der Waals surface area contributed by atoms with Gasteiger partial charge in [-0.15, -0.1) is 11.3 Å². The van der Waals surface area contributed by atoms with Crippen LogP contribution in [0.1, 0.15) is 29.7 Å². The van der Waals surface area contributed by atoms with Gasteiger partial charge in [-0.2, -0.15) is 0 Å². The van der Waals surface area contributed by atoms with Gasteiger partial charge in [0.2, 0.25) is 11.8 Å². The van der Waals surface area contributed by atoms with Crippen molar-refractivity contribution >= 4 is 33.7 Å². The molecule has 1 amide bonds. The molecule has 4 heterocycles. The first kappa shape index (κ1) is 24.7. The van der Waals surface area contributed by atoms with E-state index in [4.69, 9.17) is 13.9 Å². The van der Waals surface area contributed by atoms with E-state index in [1.165, 1.54) is 35.5 Å².